The highest BCUT2D eigenvalue weighted by Crippen LogP contribution is 2.24. The van der Waals surface area contributed by atoms with Crippen molar-refractivity contribution in [3.05, 3.63) is 24.5 Å². The molecule has 5 heteroatoms. The van der Waals surface area contributed by atoms with Gasteiger partial charge in [0.15, 0.2) is 0 Å². The number of aromatic amines is 1. The largest absolute Gasteiger partial charge is 0.427 e. The van der Waals surface area contributed by atoms with Gasteiger partial charge in [-0.25, -0.2) is 4.98 Å². The first-order valence-corrected chi connectivity index (χ1v) is 6.08. The van der Waals surface area contributed by atoms with Crippen LogP contribution in [0.25, 0.3) is 11.0 Å². The summed E-state index contributed by atoms with van der Waals surface area (Å²) in [7, 11) is 0.436. The van der Waals surface area contributed by atoms with Crippen molar-refractivity contribution in [1.82, 2.24) is 9.97 Å². The molecular weight excluding hydrogens is 227 g/mol. The second-order valence-corrected chi connectivity index (χ2v) is 5.62. The zero-order valence-corrected chi connectivity index (χ0v) is 11.3. The number of nitrogens with zero attached hydrogens (tertiary/aromatic N) is 1. The molecule has 0 fully saturated rings. The molecular formula is C13H19BN2O2. The van der Waals surface area contributed by atoms with E-state index in [1.807, 2.05) is 32.2 Å². The van der Waals surface area contributed by atoms with Crippen molar-refractivity contribution in [2.45, 2.75) is 38.9 Å². The van der Waals surface area contributed by atoms with E-state index in [2.05, 4.69) is 9.97 Å². The van der Waals surface area contributed by atoms with Crippen LogP contribution in [0.15, 0.2) is 24.5 Å². The van der Waals surface area contributed by atoms with Crippen LogP contribution < -0.4 is 5.46 Å². The number of fused-ring (bicyclic) bond motifs is 1. The van der Waals surface area contributed by atoms with E-state index in [1.165, 1.54) is 0 Å². The molecule has 0 radical (unpaired) electrons. The fraction of sp³-hybridized carbons (Fsp3) is 0.462. The standard InChI is InChI=1S/C13H19BN2O2/c1-12(2,17)13(3,4)18-14-10-7-9-5-6-15-11(9)16-8-10/h5-8,14,17H,1-4H3,(H,15,16). The summed E-state index contributed by atoms with van der Waals surface area (Å²) in [5.74, 6) is 0. The lowest BCUT2D eigenvalue weighted by Crippen LogP contribution is -2.49. The van der Waals surface area contributed by atoms with Gasteiger partial charge in [-0.05, 0) is 39.2 Å². The maximum Gasteiger partial charge on any atom is 0.311 e. The van der Waals surface area contributed by atoms with E-state index in [0.29, 0.717) is 7.48 Å². The van der Waals surface area contributed by atoms with Gasteiger partial charge < -0.3 is 14.7 Å². The molecule has 18 heavy (non-hydrogen) atoms. The molecule has 2 rings (SSSR count). The van der Waals surface area contributed by atoms with Gasteiger partial charge in [0.25, 0.3) is 0 Å². The van der Waals surface area contributed by atoms with Crippen LogP contribution in [-0.2, 0) is 4.65 Å². The molecule has 96 valence electrons. The van der Waals surface area contributed by atoms with E-state index >= 15 is 0 Å². The lowest BCUT2D eigenvalue weighted by atomic mass is 9.83. The second-order valence-electron chi connectivity index (χ2n) is 5.62. The number of hydrogen-bond acceptors (Lipinski definition) is 3. The molecule has 4 nitrogen and oxygen atoms in total. The van der Waals surface area contributed by atoms with Crippen LogP contribution >= 0.6 is 0 Å². The van der Waals surface area contributed by atoms with Gasteiger partial charge in [-0.15, -0.1) is 0 Å². The predicted octanol–water partition coefficient (Wildman–Crippen LogP) is 1.11. The minimum atomic E-state index is -0.890. The smallest absolute Gasteiger partial charge is 0.311 e. The Morgan fingerprint density at radius 2 is 2.06 bits per heavy atom. The molecule has 0 aliphatic carbocycles. The zero-order valence-electron chi connectivity index (χ0n) is 11.3. The Hall–Kier alpha value is -1.33. The minimum Gasteiger partial charge on any atom is -0.427 e. The second kappa shape index (κ2) is 4.41. The Balaban J connectivity index is 2.10. The number of pyridine rings is 1. The Labute approximate surface area is 108 Å². The van der Waals surface area contributed by atoms with E-state index in [4.69, 9.17) is 4.65 Å². The van der Waals surface area contributed by atoms with Gasteiger partial charge in [0.2, 0.25) is 0 Å². The molecule has 0 bridgehead atoms. The molecule has 0 spiro atoms. The summed E-state index contributed by atoms with van der Waals surface area (Å²) >= 11 is 0. The monoisotopic (exact) mass is 246 g/mol. The van der Waals surface area contributed by atoms with Gasteiger partial charge in [-0.2, -0.15) is 0 Å². The van der Waals surface area contributed by atoms with Gasteiger partial charge >= 0.3 is 7.48 Å². The SMILES string of the molecule is CC(C)(O)C(C)(C)OBc1cnc2[nH]ccc2c1. The van der Waals surface area contributed by atoms with Crippen LogP contribution in [0.3, 0.4) is 0 Å². The summed E-state index contributed by atoms with van der Waals surface area (Å²) in [6, 6.07) is 4.02. The lowest BCUT2D eigenvalue weighted by molar-refractivity contribution is -0.0893. The maximum absolute atomic E-state index is 10.0. The molecule has 0 saturated carbocycles. The maximum atomic E-state index is 10.0. The summed E-state index contributed by atoms with van der Waals surface area (Å²) in [5.41, 5.74) is 0.374. The van der Waals surface area contributed by atoms with E-state index in [9.17, 15) is 5.11 Å². The number of rotatable bonds is 4. The van der Waals surface area contributed by atoms with Crippen LogP contribution in [0.4, 0.5) is 0 Å². The Morgan fingerprint density at radius 3 is 2.72 bits per heavy atom. The summed E-state index contributed by atoms with van der Waals surface area (Å²) < 4.78 is 5.81. The molecule has 0 aliphatic rings. The molecule has 0 aromatic carbocycles. The van der Waals surface area contributed by atoms with Crippen LogP contribution in [-0.4, -0.2) is 33.8 Å². The first-order chi connectivity index (χ1) is 8.29. The Bertz CT molecular complexity index is 543. The molecule has 2 aromatic heterocycles. The normalized spacial score (nSPS) is 12.9. The van der Waals surface area contributed by atoms with Crippen LogP contribution in [0.5, 0.6) is 0 Å². The number of nitrogens with one attached hydrogen (secondary N) is 1. The lowest BCUT2D eigenvalue weighted by Gasteiger charge is -2.37. The van der Waals surface area contributed by atoms with Crippen molar-refractivity contribution < 1.29 is 9.76 Å². The highest BCUT2D eigenvalue weighted by molar-refractivity contribution is 6.47. The first kappa shape index (κ1) is 13.1. The number of hydrogen-bond donors (Lipinski definition) is 2. The van der Waals surface area contributed by atoms with Gasteiger partial charge in [-0.3, -0.25) is 0 Å². The fourth-order valence-corrected chi connectivity index (χ4v) is 1.50. The first-order valence-electron chi connectivity index (χ1n) is 6.08. The van der Waals surface area contributed by atoms with E-state index < -0.39 is 11.2 Å². The van der Waals surface area contributed by atoms with E-state index in [0.717, 1.165) is 16.5 Å². The number of H-pyrrole nitrogens is 1. The topological polar surface area (TPSA) is 58.1 Å². The zero-order chi connectivity index (χ0) is 13.4. The average Bonchev–Trinajstić information content (AvgIpc) is 2.71. The third kappa shape index (κ3) is 2.57. The summed E-state index contributed by atoms with van der Waals surface area (Å²) in [4.78, 5) is 7.36. The van der Waals surface area contributed by atoms with Crippen LogP contribution in [0, 0.1) is 0 Å². The van der Waals surface area contributed by atoms with Crippen molar-refractivity contribution in [2.75, 3.05) is 0 Å². The van der Waals surface area contributed by atoms with Gasteiger partial charge in [0, 0.05) is 17.8 Å². The molecule has 2 heterocycles. The van der Waals surface area contributed by atoms with Crippen molar-refractivity contribution in [3.8, 4) is 0 Å². The predicted molar refractivity (Wildman–Crippen MR) is 74.3 cm³/mol. The van der Waals surface area contributed by atoms with Crippen molar-refractivity contribution >= 4 is 24.0 Å². The average molecular weight is 246 g/mol. The Kier molecular flexibility index (Phi) is 3.21. The summed E-state index contributed by atoms with van der Waals surface area (Å²) in [5, 5.41) is 11.1. The Morgan fingerprint density at radius 1 is 1.33 bits per heavy atom. The number of aliphatic hydroxyl groups is 1. The van der Waals surface area contributed by atoms with Crippen molar-refractivity contribution in [3.63, 3.8) is 0 Å². The van der Waals surface area contributed by atoms with E-state index in [-0.39, 0.29) is 0 Å². The summed E-state index contributed by atoms with van der Waals surface area (Å²) in [6.45, 7) is 7.27. The molecule has 2 N–H and O–H groups in total. The molecule has 0 aliphatic heterocycles. The van der Waals surface area contributed by atoms with Crippen molar-refractivity contribution in [1.29, 1.82) is 0 Å². The fourth-order valence-electron chi connectivity index (χ4n) is 1.50. The molecule has 0 saturated heterocycles. The molecule has 2 aromatic rings. The summed E-state index contributed by atoms with van der Waals surface area (Å²) in [6.07, 6.45) is 3.66. The number of aromatic nitrogens is 2. The van der Waals surface area contributed by atoms with E-state index in [1.54, 1.807) is 20.0 Å². The van der Waals surface area contributed by atoms with Crippen LogP contribution in [0.1, 0.15) is 27.7 Å². The highest BCUT2D eigenvalue weighted by atomic mass is 16.5. The molecule has 0 unspecified atom stereocenters. The van der Waals surface area contributed by atoms with Gasteiger partial charge in [-0.1, -0.05) is 6.07 Å². The quantitative estimate of drug-likeness (QED) is 0.794. The highest BCUT2D eigenvalue weighted by Gasteiger charge is 2.35. The van der Waals surface area contributed by atoms with Gasteiger partial charge in [0.1, 0.15) is 5.65 Å². The third-order valence-electron chi connectivity index (χ3n) is 3.53. The third-order valence-corrected chi connectivity index (χ3v) is 3.53. The van der Waals surface area contributed by atoms with Crippen LogP contribution in [0.2, 0.25) is 0 Å². The minimum absolute atomic E-state index is 0.436. The van der Waals surface area contributed by atoms with Gasteiger partial charge in [0.05, 0.1) is 11.2 Å². The van der Waals surface area contributed by atoms with Crippen molar-refractivity contribution in [2.24, 2.45) is 0 Å². The molecule has 0 amide bonds. The molecule has 0 atom stereocenters.